The molecule has 0 aromatic heterocycles. The molecule has 1 saturated heterocycles. The van der Waals surface area contributed by atoms with Gasteiger partial charge in [-0.25, -0.2) is 0 Å². The van der Waals surface area contributed by atoms with Gasteiger partial charge in [-0.1, -0.05) is 66.7 Å². The van der Waals surface area contributed by atoms with Crippen molar-refractivity contribution in [1.29, 1.82) is 0 Å². The summed E-state index contributed by atoms with van der Waals surface area (Å²) in [5.74, 6) is -0.470. The molecule has 3 amide bonds. The predicted octanol–water partition coefficient (Wildman–Crippen LogP) is 6.32. The Morgan fingerprint density at radius 2 is 1.36 bits per heavy atom. The van der Waals surface area contributed by atoms with E-state index in [4.69, 9.17) is 0 Å². The van der Waals surface area contributed by atoms with Crippen LogP contribution in [-0.2, 0) is 40.1 Å². The van der Waals surface area contributed by atoms with E-state index in [1.54, 1.807) is 31.0 Å². The molecule has 9 nitrogen and oxygen atoms in total. The van der Waals surface area contributed by atoms with E-state index >= 15 is 0 Å². The Kier molecular flexibility index (Phi) is 13.7. The Labute approximate surface area is 320 Å². The number of benzene rings is 4. The van der Waals surface area contributed by atoms with Gasteiger partial charge < -0.3 is 29.6 Å². The highest BCUT2D eigenvalue weighted by molar-refractivity contribution is 5.95. The van der Waals surface area contributed by atoms with Crippen LogP contribution >= 0.6 is 0 Å². The molecule has 0 saturated carbocycles. The number of alkyl halides is 3. The normalized spacial score (nSPS) is 13.9. The molecule has 4 aromatic carbocycles. The van der Waals surface area contributed by atoms with Crippen molar-refractivity contribution >= 4 is 29.5 Å². The van der Waals surface area contributed by atoms with Gasteiger partial charge in [0.2, 0.25) is 17.7 Å². The fourth-order valence-electron chi connectivity index (χ4n) is 6.52. The van der Waals surface area contributed by atoms with Gasteiger partial charge in [-0.3, -0.25) is 14.4 Å². The Bertz CT molecular complexity index is 1890. The Morgan fingerprint density at radius 1 is 0.764 bits per heavy atom. The molecule has 0 spiro atoms. The number of nitrogens with zero attached hydrogens (tertiary/aromatic N) is 5. The van der Waals surface area contributed by atoms with Gasteiger partial charge in [0, 0.05) is 84.5 Å². The second-order valence-electron chi connectivity index (χ2n) is 13.9. The fraction of sp³-hybridized carbons (Fsp3) is 0.326. The first kappa shape index (κ1) is 40.6. The number of anilines is 1. The minimum Gasteiger partial charge on any atom is -0.508 e. The summed E-state index contributed by atoms with van der Waals surface area (Å²) >= 11 is 0. The van der Waals surface area contributed by atoms with Crippen LogP contribution in [-0.4, -0.2) is 102 Å². The van der Waals surface area contributed by atoms with Crippen LogP contribution in [0.25, 0.3) is 6.08 Å². The third kappa shape index (κ3) is 11.7. The molecule has 5 rings (SSSR count). The van der Waals surface area contributed by atoms with E-state index in [9.17, 15) is 32.7 Å². The maximum absolute atomic E-state index is 14.5. The van der Waals surface area contributed by atoms with Crippen LogP contribution in [0, 0.1) is 0 Å². The van der Waals surface area contributed by atoms with Crippen molar-refractivity contribution in [1.82, 2.24) is 19.6 Å². The lowest BCUT2D eigenvalue weighted by atomic mass is 10.0. The molecule has 1 N–H and O–H groups in total. The minimum absolute atomic E-state index is 0.0541. The summed E-state index contributed by atoms with van der Waals surface area (Å²) in [6.07, 6.45) is -1.47. The van der Waals surface area contributed by atoms with Crippen molar-refractivity contribution < 1.29 is 32.7 Å². The summed E-state index contributed by atoms with van der Waals surface area (Å²) in [4.78, 5) is 49.7. The number of carbonyl (C=O) groups is 3. The largest absolute Gasteiger partial charge is 0.508 e. The van der Waals surface area contributed by atoms with Gasteiger partial charge in [0.1, 0.15) is 11.8 Å². The number of phenols is 1. The highest BCUT2D eigenvalue weighted by Crippen LogP contribution is 2.29. The van der Waals surface area contributed by atoms with Gasteiger partial charge in [0.15, 0.2) is 0 Å². The first-order valence-corrected chi connectivity index (χ1v) is 18.3. The fourth-order valence-corrected chi connectivity index (χ4v) is 6.52. The number of piperazine rings is 1. The lowest BCUT2D eigenvalue weighted by Crippen LogP contribution is -2.51. The number of phenolic OH excluding ortho intramolecular Hbond substituents is 1. The number of hydrogen-bond acceptors (Lipinski definition) is 6. The lowest BCUT2D eigenvalue weighted by Gasteiger charge is -2.36. The maximum Gasteiger partial charge on any atom is 0.416 e. The SMILES string of the molecule is CC(=O)N1CCN(c2ccc(CN(C(=O)C=Cc3ccc(C(F)(F)F)cc3)[C@@H](Cc3ccccc3)C(=O)N(C)CCN(C)Cc3ccc(O)cc3)cc2)CC1. The van der Waals surface area contributed by atoms with Crippen molar-refractivity contribution in [2.24, 2.45) is 0 Å². The molecule has 1 fully saturated rings. The van der Waals surface area contributed by atoms with E-state index in [1.165, 1.54) is 29.2 Å². The zero-order valence-corrected chi connectivity index (χ0v) is 31.5. The lowest BCUT2D eigenvalue weighted by molar-refractivity contribution is -0.143. The third-order valence-electron chi connectivity index (χ3n) is 9.83. The van der Waals surface area contributed by atoms with Crippen LogP contribution < -0.4 is 4.90 Å². The van der Waals surface area contributed by atoms with Crippen molar-refractivity contribution in [2.75, 3.05) is 58.3 Å². The van der Waals surface area contributed by atoms with Crippen LogP contribution in [0.15, 0.2) is 109 Å². The van der Waals surface area contributed by atoms with Crippen LogP contribution in [0.1, 0.15) is 34.7 Å². The number of aromatic hydroxyl groups is 1. The van der Waals surface area contributed by atoms with E-state index in [0.717, 1.165) is 34.5 Å². The number of rotatable bonds is 14. The summed E-state index contributed by atoms with van der Waals surface area (Å²) in [5, 5.41) is 9.64. The molecular weight excluding hydrogens is 707 g/mol. The average molecular weight is 756 g/mol. The quantitative estimate of drug-likeness (QED) is 0.152. The monoisotopic (exact) mass is 755 g/mol. The van der Waals surface area contributed by atoms with Crippen molar-refractivity contribution in [2.45, 2.75) is 38.7 Å². The van der Waals surface area contributed by atoms with E-state index < -0.39 is 23.7 Å². The van der Waals surface area contributed by atoms with Gasteiger partial charge >= 0.3 is 6.18 Å². The molecule has 1 aliphatic heterocycles. The first-order chi connectivity index (χ1) is 26.3. The predicted molar refractivity (Wildman–Crippen MR) is 208 cm³/mol. The Morgan fingerprint density at radius 3 is 1.96 bits per heavy atom. The average Bonchev–Trinajstić information content (AvgIpc) is 3.18. The second-order valence-corrected chi connectivity index (χ2v) is 13.9. The Balaban J connectivity index is 1.39. The molecule has 0 bridgehead atoms. The van der Waals surface area contributed by atoms with E-state index in [0.29, 0.717) is 51.4 Å². The summed E-state index contributed by atoms with van der Waals surface area (Å²) < 4.78 is 39.6. The highest BCUT2D eigenvalue weighted by Gasteiger charge is 2.32. The number of hydrogen-bond donors (Lipinski definition) is 1. The molecule has 55 heavy (non-hydrogen) atoms. The molecule has 290 valence electrons. The van der Waals surface area contributed by atoms with Crippen LogP contribution in [0.3, 0.4) is 0 Å². The third-order valence-corrected chi connectivity index (χ3v) is 9.83. The molecule has 1 heterocycles. The van der Waals surface area contributed by atoms with Crippen molar-refractivity contribution in [3.8, 4) is 5.75 Å². The molecule has 0 radical (unpaired) electrons. The van der Waals surface area contributed by atoms with Crippen LogP contribution in [0.2, 0.25) is 0 Å². The second kappa shape index (κ2) is 18.6. The smallest absolute Gasteiger partial charge is 0.416 e. The van der Waals surface area contributed by atoms with Gasteiger partial charge in [-0.15, -0.1) is 0 Å². The van der Waals surface area contributed by atoms with Crippen LogP contribution in [0.4, 0.5) is 18.9 Å². The van der Waals surface area contributed by atoms with E-state index in [2.05, 4.69) is 9.80 Å². The Hall–Kier alpha value is -5.62. The molecule has 4 aromatic rings. The van der Waals surface area contributed by atoms with Crippen molar-refractivity contribution in [3.63, 3.8) is 0 Å². The van der Waals surface area contributed by atoms with Crippen LogP contribution in [0.5, 0.6) is 5.75 Å². The zero-order chi connectivity index (χ0) is 39.5. The number of carbonyl (C=O) groups excluding carboxylic acids is 3. The highest BCUT2D eigenvalue weighted by atomic mass is 19.4. The molecule has 12 heteroatoms. The minimum atomic E-state index is -4.48. The zero-order valence-electron chi connectivity index (χ0n) is 31.5. The summed E-state index contributed by atoms with van der Waals surface area (Å²) in [7, 11) is 3.66. The summed E-state index contributed by atoms with van der Waals surface area (Å²) in [6, 6.07) is 27.9. The summed E-state index contributed by atoms with van der Waals surface area (Å²) in [5.41, 5.74) is 3.28. The first-order valence-electron chi connectivity index (χ1n) is 18.3. The molecule has 1 atom stereocenters. The standard InChI is InChI=1S/C43H48F3N5O4/c1-32(52)49-25-27-50(28-26-49)38-18-11-36(12-19-38)31-51(41(54)22-15-33-9-16-37(17-10-33)43(44,45)46)40(29-34-7-5-4-6-8-34)42(55)48(3)24-23-47(2)30-35-13-20-39(53)21-14-35/h4-22,40,53H,23-31H2,1-3H3/t40-/m0/s1. The molecule has 0 aliphatic carbocycles. The maximum atomic E-state index is 14.5. The topological polar surface area (TPSA) is 87.6 Å². The van der Waals surface area contributed by atoms with E-state index in [-0.39, 0.29) is 30.5 Å². The number of amides is 3. The van der Waals surface area contributed by atoms with Gasteiger partial charge in [0.05, 0.1) is 5.56 Å². The summed E-state index contributed by atoms with van der Waals surface area (Å²) in [6.45, 7) is 5.87. The number of likely N-dealkylation sites (N-methyl/N-ethyl adjacent to an activating group) is 2. The molecule has 1 aliphatic rings. The van der Waals surface area contributed by atoms with Gasteiger partial charge in [-0.2, -0.15) is 13.2 Å². The molecular formula is C43H48F3N5O4. The van der Waals surface area contributed by atoms with Gasteiger partial charge in [-0.05, 0) is 71.8 Å². The van der Waals surface area contributed by atoms with E-state index in [1.807, 2.05) is 78.7 Å². The van der Waals surface area contributed by atoms with Gasteiger partial charge in [0.25, 0.3) is 0 Å². The molecule has 0 unspecified atom stereocenters. The van der Waals surface area contributed by atoms with Crippen molar-refractivity contribution in [3.05, 3.63) is 137 Å². The number of halogens is 3.